The lowest BCUT2D eigenvalue weighted by molar-refractivity contribution is -0.134. The van der Waals surface area contributed by atoms with E-state index in [-0.39, 0.29) is 6.73 Å². The fourth-order valence-electron chi connectivity index (χ4n) is 4.90. The average Bonchev–Trinajstić information content (AvgIpc) is 3.55. The van der Waals surface area contributed by atoms with Crippen molar-refractivity contribution in [1.82, 2.24) is 14.1 Å². The molecule has 2 aromatic heterocycles. The molecule has 4 aromatic rings. The second kappa shape index (κ2) is 12.7. The van der Waals surface area contributed by atoms with E-state index in [4.69, 9.17) is 23.9 Å². The van der Waals surface area contributed by atoms with E-state index in [9.17, 15) is 14.9 Å². The Morgan fingerprint density at radius 3 is 2.45 bits per heavy atom. The van der Waals surface area contributed by atoms with Gasteiger partial charge < -0.3 is 18.9 Å². The van der Waals surface area contributed by atoms with Crippen LogP contribution in [0.5, 0.6) is 5.75 Å². The number of esters is 1. The maximum Gasteiger partial charge on any atom is 0.419 e. The number of rotatable bonds is 9. The monoisotopic (exact) mass is 616 g/mol. The Hall–Kier alpha value is -4.40. The summed E-state index contributed by atoms with van der Waals surface area (Å²) in [4.78, 5) is 31.1. The fourth-order valence-corrected chi connectivity index (χ4v) is 5.66. The van der Waals surface area contributed by atoms with Crippen molar-refractivity contribution in [3.63, 3.8) is 0 Å². The molecule has 0 radical (unpaired) electrons. The number of ether oxygens (including phenoxy) is 4. The smallest absolute Gasteiger partial charge is 0.419 e. The largest absolute Gasteiger partial charge is 0.496 e. The maximum absolute atomic E-state index is 13.2. The summed E-state index contributed by atoms with van der Waals surface area (Å²) in [5, 5.41) is 10.2. The van der Waals surface area contributed by atoms with Crippen molar-refractivity contribution in [2.45, 2.75) is 65.7 Å². The lowest BCUT2D eigenvalue weighted by atomic mass is 9.97. The molecular formula is C33H40N4O6Si. The Morgan fingerprint density at radius 2 is 1.84 bits per heavy atom. The number of carbonyl (C=O) groups is 2. The average molecular weight is 617 g/mol. The van der Waals surface area contributed by atoms with E-state index in [0.29, 0.717) is 51.3 Å². The van der Waals surface area contributed by atoms with Crippen molar-refractivity contribution in [3.05, 3.63) is 65.1 Å². The molecule has 0 aliphatic rings. The van der Waals surface area contributed by atoms with Crippen LogP contribution in [0.1, 0.15) is 43.3 Å². The number of aryl methyl sites for hydroxylation is 1. The second-order valence-electron chi connectivity index (χ2n) is 12.8. The van der Waals surface area contributed by atoms with Crippen LogP contribution in [0, 0.1) is 18.3 Å². The first-order valence-corrected chi connectivity index (χ1v) is 18.1. The minimum Gasteiger partial charge on any atom is -0.496 e. The highest BCUT2D eigenvalue weighted by Gasteiger charge is 2.27. The summed E-state index contributed by atoms with van der Waals surface area (Å²) in [7, 11) is 1.51. The fraction of sp³-hybridized carbons (Fsp3) is 0.394. The predicted octanol–water partition coefficient (Wildman–Crippen LogP) is 6.88. The molecule has 0 unspecified atom stereocenters. The molecule has 0 aliphatic heterocycles. The molecule has 2 heterocycles. The van der Waals surface area contributed by atoms with Crippen LogP contribution in [0.15, 0.2) is 42.6 Å². The lowest BCUT2D eigenvalue weighted by Crippen LogP contribution is -2.26. The van der Waals surface area contributed by atoms with Crippen LogP contribution in [-0.2, 0) is 25.7 Å². The molecule has 0 N–H and O–H groups in total. The van der Waals surface area contributed by atoms with Crippen molar-refractivity contribution in [2.75, 3.05) is 20.8 Å². The minimum absolute atomic E-state index is 0.164. The quantitative estimate of drug-likeness (QED) is 0.0865. The zero-order chi connectivity index (χ0) is 32.4. The zero-order valence-electron chi connectivity index (χ0n) is 26.9. The molecule has 0 saturated heterocycles. The molecule has 2 aromatic carbocycles. The van der Waals surface area contributed by atoms with Gasteiger partial charge in [0.1, 0.15) is 23.9 Å². The molecule has 0 bridgehead atoms. The van der Waals surface area contributed by atoms with E-state index in [2.05, 4.69) is 25.7 Å². The van der Waals surface area contributed by atoms with Crippen molar-refractivity contribution in [1.29, 1.82) is 5.26 Å². The van der Waals surface area contributed by atoms with Gasteiger partial charge in [-0.05, 0) is 69.6 Å². The summed E-state index contributed by atoms with van der Waals surface area (Å²) in [6.07, 6.45) is 2.48. The van der Waals surface area contributed by atoms with Crippen molar-refractivity contribution < 1.29 is 28.5 Å². The number of aromatic nitrogens is 3. The van der Waals surface area contributed by atoms with E-state index >= 15 is 0 Å². The Bertz CT molecular complexity index is 1800. The predicted molar refractivity (Wildman–Crippen MR) is 173 cm³/mol. The third kappa shape index (κ3) is 7.04. The van der Waals surface area contributed by atoms with Gasteiger partial charge in [0.05, 0.1) is 42.4 Å². The number of carbonyl (C=O) groups excluding carboxylic acids is 2. The molecule has 44 heavy (non-hydrogen) atoms. The SMILES string of the molecule is COC(=O)C=C(c1c(OC)cc(C)c2c1ccn2C(=O)OC(C)(C)C)c1nc2cc(C#N)ccc2n1COCC[Si](C)(C)C. The summed E-state index contributed by atoms with van der Waals surface area (Å²) in [5.74, 6) is 0.295. The van der Waals surface area contributed by atoms with Gasteiger partial charge in [-0.3, -0.25) is 9.13 Å². The van der Waals surface area contributed by atoms with Gasteiger partial charge in [-0.25, -0.2) is 14.6 Å². The number of hydrogen-bond donors (Lipinski definition) is 0. The highest BCUT2D eigenvalue weighted by molar-refractivity contribution is 6.76. The minimum atomic E-state index is -1.35. The molecule has 0 aliphatic carbocycles. The van der Waals surface area contributed by atoms with Crippen LogP contribution < -0.4 is 4.74 Å². The van der Waals surface area contributed by atoms with Crippen LogP contribution in [0.2, 0.25) is 25.7 Å². The van der Waals surface area contributed by atoms with Gasteiger partial charge in [-0.1, -0.05) is 19.6 Å². The summed E-state index contributed by atoms with van der Waals surface area (Å²) in [6.45, 7) is 14.9. The molecule has 10 nitrogen and oxygen atoms in total. The van der Waals surface area contributed by atoms with E-state index in [1.54, 1.807) is 31.5 Å². The Labute approximate surface area is 258 Å². The third-order valence-electron chi connectivity index (χ3n) is 7.00. The van der Waals surface area contributed by atoms with Gasteiger partial charge in [-0.2, -0.15) is 5.26 Å². The van der Waals surface area contributed by atoms with Gasteiger partial charge in [0, 0.05) is 43.5 Å². The number of imidazole rings is 1. The van der Waals surface area contributed by atoms with Gasteiger partial charge in [-0.15, -0.1) is 0 Å². The molecule has 0 fully saturated rings. The van der Waals surface area contributed by atoms with Crippen molar-refractivity contribution >= 4 is 47.6 Å². The van der Waals surface area contributed by atoms with Gasteiger partial charge in [0.25, 0.3) is 0 Å². The molecule has 11 heteroatoms. The maximum atomic E-state index is 13.2. The van der Waals surface area contributed by atoms with Crippen LogP contribution in [0.3, 0.4) is 0 Å². The number of benzene rings is 2. The van der Waals surface area contributed by atoms with E-state index in [1.165, 1.54) is 17.8 Å². The third-order valence-corrected chi connectivity index (χ3v) is 8.71. The van der Waals surface area contributed by atoms with Crippen molar-refractivity contribution in [2.24, 2.45) is 0 Å². The normalized spacial score (nSPS) is 12.4. The number of nitriles is 1. The molecule has 4 rings (SSSR count). The molecule has 0 saturated carbocycles. The summed E-state index contributed by atoms with van der Waals surface area (Å²) in [5.41, 5.74) is 3.38. The standard InChI is InChI=1S/C33H40N4O6Si/c1-21-16-27(40-5)29(23-12-13-36(30(21)23)32(39)43-33(2,3)4)24(18-28(38)41-6)31-35-25-17-22(19-34)10-11-26(25)37(31)20-42-14-15-44(7,8)9/h10-13,16-18H,14-15,20H2,1-9H3. The topological polar surface area (TPSA) is 118 Å². The van der Waals surface area contributed by atoms with Crippen LogP contribution in [-0.4, -0.2) is 60.7 Å². The number of methoxy groups -OCH3 is 2. The molecule has 0 atom stereocenters. The van der Waals surface area contributed by atoms with E-state index in [0.717, 1.165) is 17.1 Å². The second-order valence-corrected chi connectivity index (χ2v) is 18.4. The molecule has 232 valence electrons. The highest BCUT2D eigenvalue weighted by atomic mass is 28.3. The van der Waals surface area contributed by atoms with Crippen LogP contribution >= 0.6 is 0 Å². The van der Waals surface area contributed by atoms with Gasteiger partial charge in [0.15, 0.2) is 0 Å². The van der Waals surface area contributed by atoms with Crippen molar-refractivity contribution in [3.8, 4) is 11.8 Å². The first kappa shape index (κ1) is 32.5. The zero-order valence-corrected chi connectivity index (χ0v) is 27.9. The van der Waals surface area contributed by atoms with E-state index < -0.39 is 25.7 Å². The first-order valence-electron chi connectivity index (χ1n) is 14.4. The van der Waals surface area contributed by atoms with Gasteiger partial charge >= 0.3 is 12.1 Å². The van der Waals surface area contributed by atoms with Crippen LogP contribution in [0.4, 0.5) is 4.79 Å². The van der Waals surface area contributed by atoms with Crippen LogP contribution in [0.25, 0.3) is 27.5 Å². The summed E-state index contributed by atoms with van der Waals surface area (Å²) < 4.78 is 26.1. The summed E-state index contributed by atoms with van der Waals surface area (Å²) >= 11 is 0. The number of hydrogen-bond acceptors (Lipinski definition) is 8. The molecule has 0 spiro atoms. The first-order chi connectivity index (χ1) is 20.7. The highest BCUT2D eigenvalue weighted by Crippen LogP contribution is 2.40. The summed E-state index contributed by atoms with van der Waals surface area (Å²) in [6, 6.07) is 12.0. The Kier molecular flexibility index (Phi) is 9.37. The Morgan fingerprint density at radius 1 is 1.11 bits per heavy atom. The Balaban J connectivity index is 2.00. The lowest BCUT2D eigenvalue weighted by Gasteiger charge is -2.21. The number of nitrogens with zero attached hydrogens (tertiary/aromatic N) is 4. The van der Waals surface area contributed by atoms with Gasteiger partial charge in [0.2, 0.25) is 0 Å². The van der Waals surface area contributed by atoms with E-state index in [1.807, 2.05) is 44.4 Å². The molecule has 0 amide bonds. The molecular weight excluding hydrogens is 576 g/mol. The number of fused-ring (bicyclic) bond motifs is 2.